The molecule has 0 aliphatic rings. The molecule has 0 saturated carbocycles. The van der Waals surface area contributed by atoms with E-state index in [2.05, 4.69) is 10.2 Å². The van der Waals surface area contributed by atoms with Crippen molar-refractivity contribution in [3.05, 3.63) is 41.6 Å². The maximum atomic E-state index is 11.1. The zero-order chi connectivity index (χ0) is 13.0. The molecule has 0 fully saturated rings. The lowest BCUT2D eigenvalue weighted by Gasteiger charge is -2.03. The average molecular weight is 246 g/mol. The highest BCUT2D eigenvalue weighted by molar-refractivity contribution is 5.94. The SMILES string of the molecule is CCc1nnc(COc2ccc(C(C)=O)cc2)o1. The van der Waals surface area contributed by atoms with Gasteiger partial charge in [-0.15, -0.1) is 10.2 Å². The van der Waals surface area contributed by atoms with Crippen molar-refractivity contribution < 1.29 is 13.9 Å². The van der Waals surface area contributed by atoms with Gasteiger partial charge in [0.05, 0.1) is 0 Å². The van der Waals surface area contributed by atoms with Crippen molar-refractivity contribution in [1.82, 2.24) is 10.2 Å². The predicted octanol–water partition coefficient (Wildman–Crippen LogP) is 2.41. The van der Waals surface area contributed by atoms with Crippen molar-refractivity contribution in [1.29, 1.82) is 0 Å². The van der Waals surface area contributed by atoms with E-state index in [4.69, 9.17) is 9.15 Å². The maximum absolute atomic E-state index is 11.1. The van der Waals surface area contributed by atoms with Gasteiger partial charge in [0.2, 0.25) is 5.89 Å². The van der Waals surface area contributed by atoms with Gasteiger partial charge in [0, 0.05) is 12.0 Å². The highest BCUT2D eigenvalue weighted by atomic mass is 16.5. The molecule has 0 N–H and O–H groups in total. The molecule has 0 amide bonds. The van der Waals surface area contributed by atoms with Gasteiger partial charge in [-0.2, -0.15) is 0 Å². The van der Waals surface area contributed by atoms with Crippen molar-refractivity contribution in [2.45, 2.75) is 26.9 Å². The molecule has 18 heavy (non-hydrogen) atoms. The Bertz CT molecular complexity index is 531. The lowest BCUT2D eigenvalue weighted by Crippen LogP contribution is -1.97. The van der Waals surface area contributed by atoms with Gasteiger partial charge < -0.3 is 9.15 Å². The van der Waals surface area contributed by atoms with Crippen LogP contribution in [0.5, 0.6) is 5.75 Å². The van der Waals surface area contributed by atoms with Crippen LogP contribution in [-0.2, 0) is 13.0 Å². The third-order valence-electron chi connectivity index (χ3n) is 2.43. The topological polar surface area (TPSA) is 65.2 Å². The zero-order valence-electron chi connectivity index (χ0n) is 10.3. The summed E-state index contributed by atoms with van der Waals surface area (Å²) in [6, 6.07) is 6.94. The second-order valence-electron chi connectivity index (χ2n) is 3.81. The molecule has 2 aromatic rings. The monoisotopic (exact) mass is 246 g/mol. The van der Waals surface area contributed by atoms with Crippen molar-refractivity contribution in [2.75, 3.05) is 0 Å². The van der Waals surface area contributed by atoms with Crippen molar-refractivity contribution in [2.24, 2.45) is 0 Å². The fourth-order valence-electron chi connectivity index (χ4n) is 1.42. The third-order valence-corrected chi connectivity index (χ3v) is 2.43. The molecule has 1 heterocycles. The summed E-state index contributed by atoms with van der Waals surface area (Å²) in [7, 11) is 0. The number of hydrogen-bond donors (Lipinski definition) is 0. The Balaban J connectivity index is 1.95. The van der Waals surface area contributed by atoms with E-state index < -0.39 is 0 Å². The summed E-state index contributed by atoms with van der Waals surface area (Å²) in [4.78, 5) is 11.1. The fraction of sp³-hybridized carbons (Fsp3) is 0.308. The Morgan fingerprint density at radius 1 is 1.22 bits per heavy atom. The first-order valence-corrected chi connectivity index (χ1v) is 5.74. The molecule has 1 aromatic carbocycles. The Morgan fingerprint density at radius 3 is 2.44 bits per heavy atom. The van der Waals surface area contributed by atoms with Crippen LogP contribution < -0.4 is 4.74 Å². The van der Waals surface area contributed by atoms with Gasteiger partial charge in [0.25, 0.3) is 5.89 Å². The van der Waals surface area contributed by atoms with Gasteiger partial charge in [-0.1, -0.05) is 6.92 Å². The van der Waals surface area contributed by atoms with Gasteiger partial charge in [-0.05, 0) is 31.2 Å². The van der Waals surface area contributed by atoms with Crippen LogP contribution >= 0.6 is 0 Å². The van der Waals surface area contributed by atoms with E-state index in [1.165, 1.54) is 6.92 Å². The molecule has 5 heteroatoms. The molecule has 0 radical (unpaired) electrons. The number of Topliss-reactive ketones (excluding diaryl/α,β-unsaturated/α-hetero) is 1. The van der Waals surface area contributed by atoms with E-state index in [9.17, 15) is 4.79 Å². The summed E-state index contributed by atoms with van der Waals surface area (Å²) in [6.07, 6.45) is 0.709. The zero-order valence-corrected chi connectivity index (χ0v) is 10.3. The number of ketones is 1. The molecular formula is C13H14N2O3. The molecular weight excluding hydrogens is 232 g/mol. The molecule has 2 rings (SSSR count). The Morgan fingerprint density at radius 2 is 1.89 bits per heavy atom. The minimum atomic E-state index is 0.0334. The summed E-state index contributed by atoms with van der Waals surface area (Å²) in [5, 5.41) is 7.70. The number of rotatable bonds is 5. The number of aromatic nitrogens is 2. The predicted molar refractivity (Wildman–Crippen MR) is 64.5 cm³/mol. The van der Waals surface area contributed by atoms with Crippen LogP contribution in [0, 0.1) is 0 Å². The summed E-state index contributed by atoms with van der Waals surface area (Å²) in [5.74, 6) is 1.74. The van der Waals surface area contributed by atoms with Crippen LogP contribution in [0.1, 0.15) is 36.0 Å². The standard InChI is InChI=1S/C13H14N2O3/c1-3-12-14-15-13(18-12)8-17-11-6-4-10(5-7-11)9(2)16/h4-7H,3,8H2,1-2H3. The normalized spacial score (nSPS) is 10.3. The number of hydrogen-bond acceptors (Lipinski definition) is 5. The average Bonchev–Trinajstić information content (AvgIpc) is 2.85. The van der Waals surface area contributed by atoms with Gasteiger partial charge in [0.15, 0.2) is 12.4 Å². The molecule has 0 unspecified atom stereocenters. The Labute approximate surface area is 105 Å². The number of aryl methyl sites for hydroxylation is 1. The second-order valence-corrected chi connectivity index (χ2v) is 3.81. The van der Waals surface area contributed by atoms with E-state index in [0.717, 1.165) is 0 Å². The van der Waals surface area contributed by atoms with Crippen LogP contribution in [0.3, 0.4) is 0 Å². The van der Waals surface area contributed by atoms with Crippen molar-refractivity contribution >= 4 is 5.78 Å². The third kappa shape index (κ3) is 2.94. The summed E-state index contributed by atoms with van der Waals surface area (Å²) >= 11 is 0. The number of carbonyl (C=O) groups is 1. The first kappa shape index (κ1) is 12.3. The number of carbonyl (C=O) groups excluding carboxylic acids is 1. The molecule has 0 spiro atoms. The number of ether oxygens (including phenoxy) is 1. The highest BCUT2D eigenvalue weighted by Crippen LogP contribution is 2.14. The summed E-state index contributed by atoms with van der Waals surface area (Å²) in [5.41, 5.74) is 0.661. The first-order valence-electron chi connectivity index (χ1n) is 5.74. The molecule has 0 aliphatic carbocycles. The first-order chi connectivity index (χ1) is 8.69. The van der Waals surface area contributed by atoms with Gasteiger partial charge in [-0.3, -0.25) is 4.79 Å². The highest BCUT2D eigenvalue weighted by Gasteiger charge is 2.05. The quantitative estimate of drug-likeness (QED) is 0.758. The molecule has 0 saturated heterocycles. The van der Waals surface area contributed by atoms with E-state index in [1.807, 2.05) is 6.92 Å². The summed E-state index contributed by atoms with van der Waals surface area (Å²) in [6.45, 7) is 3.70. The molecule has 94 valence electrons. The van der Waals surface area contributed by atoms with Gasteiger partial charge >= 0.3 is 0 Å². The van der Waals surface area contributed by atoms with Gasteiger partial charge in [0.1, 0.15) is 5.75 Å². The van der Waals surface area contributed by atoms with Crippen molar-refractivity contribution in [3.8, 4) is 5.75 Å². The smallest absolute Gasteiger partial charge is 0.253 e. The molecule has 5 nitrogen and oxygen atoms in total. The Hall–Kier alpha value is -2.17. The summed E-state index contributed by atoms with van der Waals surface area (Å²) < 4.78 is 10.8. The van der Waals surface area contributed by atoms with Crippen LogP contribution in [-0.4, -0.2) is 16.0 Å². The van der Waals surface area contributed by atoms with Gasteiger partial charge in [-0.25, -0.2) is 0 Å². The van der Waals surface area contributed by atoms with Crippen LogP contribution in [0.25, 0.3) is 0 Å². The molecule has 0 aliphatic heterocycles. The maximum Gasteiger partial charge on any atom is 0.253 e. The van der Waals surface area contributed by atoms with Crippen LogP contribution in [0.15, 0.2) is 28.7 Å². The van der Waals surface area contributed by atoms with Crippen LogP contribution in [0.2, 0.25) is 0 Å². The molecule has 0 atom stereocenters. The minimum absolute atomic E-state index is 0.0334. The Kier molecular flexibility index (Phi) is 3.72. The van der Waals surface area contributed by atoms with E-state index >= 15 is 0 Å². The fourth-order valence-corrected chi connectivity index (χ4v) is 1.42. The number of benzene rings is 1. The largest absolute Gasteiger partial charge is 0.484 e. The van der Waals surface area contributed by atoms with Crippen molar-refractivity contribution in [3.63, 3.8) is 0 Å². The molecule has 1 aromatic heterocycles. The van der Waals surface area contributed by atoms with E-state index in [-0.39, 0.29) is 12.4 Å². The lowest BCUT2D eigenvalue weighted by atomic mass is 10.1. The number of nitrogens with zero attached hydrogens (tertiary/aromatic N) is 2. The lowest BCUT2D eigenvalue weighted by molar-refractivity contribution is 0.101. The molecule has 0 bridgehead atoms. The van der Waals surface area contributed by atoms with E-state index in [0.29, 0.717) is 29.5 Å². The second kappa shape index (κ2) is 5.44. The minimum Gasteiger partial charge on any atom is -0.484 e. The van der Waals surface area contributed by atoms with Crippen LogP contribution in [0.4, 0.5) is 0 Å². The van der Waals surface area contributed by atoms with E-state index in [1.54, 1.807) is 24.3 Å².